The molecule has 2 aromatic carbocycles. The number of aliphatic hydroxyl groups excluding tert-OH is 1. The van der Waals surface area contributed by atoms with Crippen molar-refractivity contribution in [3.8, 4) is 5.75 Å². The number of hydrogen-bond donors (Lipinski definition) is 2. The Morgan fingerprint density at radius 1 is 1.10 bits per heavy atom. The first-order chi connectivity index (χ1) is 10.1. The number of aromatic hydroxyl groups is 1. The van der Waals surface area contributed by atoms with E-state index in [-0.39, 0.29) is 17.5 Å². The van der Waals surface area contributed by atoms with E-state index in [4.69, 9.17) is 5.11 Å². The first-order valence-corrected chi connectivity index (χ1v) is 6.45. The van der Waals surface area contributed by atoms with Crippen molar-refractivity contribution in [3.05, 3.63) is 75.8 Å². The number of benzene rings is 2. The fraction of sp³-hybridized carbons (Fsp3) is 0.125. The van der Waals surface area contributed by atoms with Crippen molar-refractivity contribution in [1.29, 1.82) is 0 Å². The first kappa shape index (κ1) is 14.7. The van der Waals surface area contributed by atoms with E-state index in [1.54, 1.807) is 0 Å². The molecule has 3 rings (SSSR count). The zero-order valence-electron chi connectivity index (χ0n) is 11.2. The third-order valence-electron chi connectivity index (χ3n) is 3.07. The molecule has 0 amide bonds. The zero-order chi connectivity index (χ0) is 15.2. The van der Waals surface area contributed by atoms with Gasteiger partial charge in [-0.05, 0) is 29.7 Å². The summed E-state index contributed by atoms with van der Waals surface area (Å²) in [5.41, 5.74) is 2.18. The summed E-state index contributed by atoms with van der Waals surface area (Å²) in [7, 11) is 0. The number of non-ortho nitro benzene ring substituents is 1. The van der Waals surface area contributed by atoms with Crippen LogP contribution in [0.2, 0.25) is 0 Å². The number of phenols is 1. The van der Waals surface area contributed by atoms with Crippen LogP contribution in [0.15, 0.2) is 54.6 Å². The number of nitro benzene ring substituents is 1. The molecule has 0 fully saturated rings. The van der Waals surface area contributed by atoms with Gasteiger partial charge in [-0.15, -0.1) is 0 Å². The van der Waals surface area contributed by atoms with Crippen molar-refractivity contribution in [2.45, 2.75) is 12.5 Å². The lowest BCUT2D eigenvalue weighted by molar-refractivity contribution is -0.384. The largest absolute Gasteiger partial charge is 0.508 e. The lowest BCUT2D eigenvalue weighted by atomic mass is 9.95. The Bertz CT molecular complexity index is 650. The van der Waals surface area contributed by atoms with Crippen LogP contribution in [0.1, 0.15) is 23.7 Å². The summed E-state index contributed by atoms with van der Waals surface area (Å²) in [6.07, 6.45) is 4.52. The van der Waals surface area contributed by atoms with Gasteiger partial charge in [0, 0.05) is 12.1 Å². The van der Waals surface area contributed by atoms with Crippen LogP contribution in [-0.2, 0) is 0 Å². The summed E-state index contributed by atoms with van der Waals surface area (Å²) in [4.78, 5) is 9.52. The van der Waals surface area contributed by atoms with Crippen LogP contribution in [0, 0.1) is 10.1 Å². The highest BCUT2D eigenvalue weighted by molar-refractivity contribution is 5.56. The Balaban J connectivity index is 0.000000155. The third-order valence-corrected chi connectivity index (χ3v) is 3.07. The quantitative estimate of drug-likeness (QED) is 0.621. The van der Waals surface area contributed by atoms with Gasteiger partial charge in [-0.2, -0.15) is 0 Å². The van der Waals surface area contributed by atoms with E-state index in [2.05, 4.69) is 6.08 Å². The summed E-state index contributed by atoms with van der Waals surface area (Å²) in [5, 5.41) is 28.3. The van der Waals surface area contributed by atoms with Crippen molar-refractivity contribution < 1.29 is 15.1 Å². The summed E-state index contributed by atoms with van der Waals surface area (Å²) in [6, 6.07) is 13.0. The smallest absolute Gasteiger partial charge is 0.269 e. The van der Waals surface area contributed by atoms with Crippen molar-refractivity contribution in [2.24, 2.45) is 0 Å². The number of aliphatic hydroxyl groups is 1. The van der Waals surface area contributed by atoms with Gasteiger partial charge in [0.1, 0.15) is 5.75 Å². The molecule has 0 bridgehead atoms. The average molecular weight is 285 g/mol. The lowest BCUT2D eigenvalue weighted by Crippen LogP contribution is -2.01. The molecule has 2 aromatic rings. The van der Waals surface area contributed by atoms with Crippen LogP contribution in [0.4, 0.5) is 5.69 Å². The van der Waals surface area contributed by atoms with E-state index in [0.29, 0.717) is 0 Å². The van der Waals surface area contributed by atoms with Crippen molar-refractivity contribution in [1.82, 2.24) is 0 Å². The fourth-order valence-electron chi connectivity index (χ4n) is 1.99. The molecule has 2 N–H and O–H groups in total. The maximum atomic E-state index is 10.0. The highest BCUT2D eigenvalue weighted by Crippen LogP contribution is 2.26. The van der Waals surface area contributed by atoms with Crippen LogP contribution >= 0.6 is 0 Å². The minimum absolute atomic E-state index is 0.0159. The van der Waals surface area contributed by atoms with Gasteiger partial charge in [0.15, 0.2) is 0 Å². The molecule has 0 radical (unpaired) electrons. The second kappa shape index (κ2) is 6.67. The van der Waals surface area contributed by atoms with Gasteiger partial charge in [-0.1, -0.05) is 36.4 Å². The average Bonchev–Trinajstić information content (AvgIpc) is 2.49. The van der Waals surface area contributed by atoms with Crippen LogP contribution in [0.5, 0.6) is 5.75 Å². The molecule has 0 saturated heterocycles. The minimum atomic E-state index is -0.514. The van der Waals surface area contributed by atoms with Gasteiger partial charge < -0.3 is 10.2 Å². The Morgan fingerprint density at radius 3 is 2.38 bits per heavy atom. The Labute approximate surface area is 122 Å². The molecule has 0 aliphatic heterocycles. The molecule has 1 atom stereocenters. The normalized spacial score (nSPS) is 15.6. The summed E-state index contributed by atoms with van der Waals surface area (Å²) < 4.78 is 0. The van der Waals surface area contributed by atoms with Gasteiger partial charge in [-0.3, -0.25) is 10.1 Å². The maximum absolute atomic E-state index is 10.0. The molecule has 21 heavy (non-hydrogen) atoms. The first-order valence-electron chi connectivity index (χ1n) is 6.45. The number of phenolic OH excluding ortho intramolecular Hbond substituents is 1. The molecular formula is C16H15NO4. The molecule has 0 heterocycles. The van der Waals surface area contributed by atoms with Crippen LogP contribution < -0.4 is 0 Å². The van der Waals surface area contributed by atoms with Gasteiger partial charge in [0.25, 0.3) is 5.69 Å². The number of rotatable bonds is 1. The number of nitrogens with zero attached hydrogens (tertiary/aromatic N) is 1. The summed E-state index contributed by atoms with van der Waals surface area (Å²) in [5.74, 6) is 0.0330. The van der Waals surface area contributed by atoms with Gasteiger partial charge >= 0.3 is 0 Å². The number of nitro groups is 1. The van der Waals surface area contributed by atoms with Crippen LogP contribution in [0.25, 0.3) is 6.08 Å². The van der Waals surface area contributed by atoms with E-state index in [1.807, 2.05) is 30.3 Å². The molecule has 0 aromatic heterocycles. The zero-order valence-corrected chi connectivity index (χ0v) is 11.2. The van der Waals surface area contributed by atoms with Crippen molar-refractivity contribution >= 4 is 11.8 Å². The van der Waals surface area contributed by atoms with Crippen molar-refractivity contribution in [2.75, 3.05) is 0 Å². The molecule has 1 aliphatic carbocycles. The SMILES string of the molecule is O=[N+]([O-])c1ccc(O)cc1.O[C@@H]1CC=Cc2ccccc21. The van der Waals surface area contributed by atoms with E-state index in [0.717, 1.165) is 17.5 Å². The highest BCUT2D eigenvalue weighted by atomic mass is 16.6. The van der Waals surface area contributed by atoms with Crippen LogP contribution in [-0.4, -0.2) is 15.1 Å². The summed E-state index contributed by atoms with van der Waals surface area (Å²) >= 11 is 0. The molecule has 0 unspecified atom stereocenters. The number of fused-ring (bicyclic) bond motifs is 1. The van der Waals surface area contributed by atoms with Crippen molar-refractivity contribution in [3.63, 3.8) is 0 Å². The maximum Gasteiger partial charge on any atom is 0.269 e. The molecule has 0 spiro atoms. The molecule has 0 saturated carbocycles. The van der Waals surface area contributed by atoms with Gasteiger partial charge in [0.05, 0.1) is 11.0 Å². The van der Waals surface area contributed by atoms with Gasteiger partial charge in [0.2, 0.25) is 0 Å². The number of hydrogen-bond acceptors (Lipinski definition) is 4. The minimum Gasteiger partial charge on any atom is -0.508 e. The Morgan fingerprint density at radius 2 is 1.76 bits per heavy atom. The topological polar surface area (TPSA) is 83.6 Å². The highest BCUT2D eigenvalue weighted by Gasteiger charge is 2.11. The second-order valence-electron chi connectivity index (χ2n) is 4.56. The Hall–Kier alpha value is -2.66. The predicted molar refractivity (Wildman–Crippen MR) is 79.8 cm³/mol. The van der Waals surface area contributed by atoms with E-state index >= 15 is 0 Å². The predicted octanol–water partition coefficient (Wildman–Crippen LogP) is 3.44. The van der Waals surface area contributed by atoms with E-state index < -0.39 is 4.92 Å². The van der Waals surface area contributed by atoms with Gasteiger partial charge in [-0.25, -0.2) is 0 Å². The third kappa shape index (κ3) is 3.90. The summed E-state index contributed by atoms with van der Waals surface area (Å²) in [6.45, 7) is 0. The monoisotopic (exact) mass is 285 g/mol. The Kier molecular flexibility index (Phi) is 4.68. The molecule has 1 aliphatic rings. The lowest BCUT2D eigenvalue weighted by Gasteiger charge is -2.15. The standard InChI is InChI=1S/C10H10O.C6H5NO3/c11-10-7-3-5-8-4-1-2-6-9(8)10;8-6-3-1-5(2-4-6)7(9)10/h1-6,10-11H,7H2;1-4,8H/t10-;/m1./s1. The van der Waals surface area contributed by atoms with Crippen LogP contribution in [0.3, 0.4) is 0 Å². The molecule has 108 valence electrons. The molecule has 5 heteroatoms. The fourth-order valence-corrected chi connectivity index (χ4v) is 1.99. The van der Waals surface area contributed by atoms with E-state index in [1.165, 1.54) is 24.3 Å². The molecule has 5 nitrogen and oxygen atoms in total. The second-order valence-corrected chi connectivity index (χ2v) is 4.56. The molecular weight excluding hydrogens is 270 g/mol. The van der Waals surface area contributed by atoms with E-state index in [9.17, 15) is 15.2 Å².